The lowest BCUT2D eigenvalue weighted by molar-refractivity contribution is -0.145. The number of carbonyl (C=O) groups is 1. The molecule has 1 heterocycles. The summed E-state index contributed by atoms with van der Waals surface area (Å²) in [4.78, 5) is 13.0. The summed E-state index contributed by atoms with van der Waals surface area (Å²) in [5.41, 5.74) is 0. The minimum Gasteiger partial charge on any atom is -0.480 e. The Kier molecular flexibility index (Phi) is 3.72. The minimum atomic E-state index is -0.656. The summed E-state index contributed by atoms with van der Waals surface area (Å²) >= 11 is 0. The molecule has 0 amide bonds. The van der Waals surface area contributed by atoms with Gasteiger partial charge in [-0.1, -0.05) is 20.3 Å². The third kappa shape index (κ3) is 2.44. The molecular formula is C10H19NO2. The third-order valence-electron chi connectivity index (χ3n) is 3.05. The molecule has 0 saturated carbocycles. The van der Waals surface area contributed by atoms with Gasteiger partial charge in [-0.3, -0.25) is 9.69 Å². The van der Waals surface area contributed by atoms with Crippen LogP contribution >= 0.6 is 0 Å². The Morgan fingerprint density at radius 2 is 2.15 bits per heavy atom. The van der Waals surface area contributed by atoms with Gasteiger partial charge in [0.05, 0.1) is 0 Å². The molecule has 2 unspecified atom stereocenters. The zero-order valence-electron chi connectivity index (χ0n) is 8.49. The average molecular weight is 185 g/mol. The van der Waals surface area contributed by atoms with E-state index in [0.29, 0.717) is 5.92 Å². The maximum absolute atomic E-state index is 10.9. The van der Waals surface area contributed by atoms with Crippen molar-refractivity contribution < 1.29 is 9.90 Å². The zero-order valence-corrected chi connectivity index (χ0v) is 8.49. The summed E-state index contributed by atoms with van der Waals surface area (Å²) in [6, 6.07) is -0.229. The van der Waals surface area contributed by atoms with Crippen LogP contribution in [0.25, 0.3) is 0 Å². The Morgan fingerprint density at radius 3 is 2.62 bits per heavy atom. The number of likely N-dealkylation sites (N-methyl/N-ethyl adjacent to an activating group) is 1. The van der Waals surface area contributed by atoms with Crippen molar-refractivity contribution >= 4 is 5.97 Å². The van der Waals surface area contributed by atoms with Crippen molar-refractivity contribution in [3.63, 3.8) is 0 Å². The molecule has 1 aliphatic rings. The van der Waals surface area contributed by atoms with E-state index in [0.717, 1.165) is 25.9 Å². The van der Waals surface area contributed by atoms with Crippen molar-refractivity contribution in [1.29, 1.82) is 0 Å². The van der Waals surface area contributed by atoms with Crippen LogP contribution in [0, 0.1) is 5.92 Å². The Bertz CT molecular complexity index is 182. The molecule has 3 heteroatoms. The van der Waals surface area contributed by atoms with Crippen LogP contribution in [0.3, 0.4) is 0 Å². The second-order valence-corrected chi connectivity index (χ2v) is 3.79. The van der Waals surface area contributed by atoms with Gasteiger partial charge in [-0.15, -0.1) is 0 Å². The lowest BCUT2D eigenvalue weighted by Crippen LogP contribution is -2.47. The first-order valence-corrected chi connectivity index (χ1v) is 5.15. The predicted octanol–water partition coefficient (Wildman–Crippen LogP) is 1.58. The van der Waals surface area contributed by atoms with Crippen molar-refractivity contribution in [1.82, 2.24) is 4.90 Å². The number of nitrogens with zero attached hydrogens (tertiary/aromatic N) is 1. The van der Waals surface area contributed by atoms with E-state index in [1.54, 1.807) is 0 Å². The van der Waals surface area contributed by atoms with Gasteiger partial charge in [-0.25, -0.2) is 0 Å². The SMILES string of the molecule is CCC1CCC(C(=O)O)N(CC)C1. The van der Waals surface area contributed by atoms with E-state index in [2.05, 4.69) is 11.8 Å². The predicted molar refractivity (Wildman–Crippen MR) is 51.7 cm³/mol. The summed E-state index contributed by atoms with van der Waals surface area (Å²) in [6.45, 7) is 6.03. The van der Waals surface area contributed by atoms with Gasteiger partial charge in [0.25, 0.3) is 0 Å². The molecule has 0 aromatic heterocycles. The molecule has 0 bridgehead atoms. The van der Waals surface area contributed by atoms with E-state index in [1.165, 1.54) is 6.42 Å². The van der Waals surface area contributed by atoms with E-state index in [9.17, 15) is 4.79 Å². The molecule has 0 aromatic rings. The maximum Gasteiger partial charge on any atom is 0.320 e. The van der Waals surface area contributed by atoms with Crippen LogP contribution in [-0.2, 0) is 4.79 Å². The van der Waals surface area contributed by atoms with Crippen LogP contribution in [-0.4, -0.2) is 35.1 Å². The molecule has 1 N–H and O–H groups in total. The molecule has 13 heavy (non-hydrogen) atoms. The van der Waals surface area contributed by atoms with Crippen LogP contribution < -0.4 is 0 Å². The molecule has 76 valence electrons. The fourth-order valence-corrected chi connectivity index (χ4v) is 2.09. The van der Waals surface area contributed by atoms with Crippen molar-refractivity contribution in [2.75, 3.05) is 13.1 Å². The number of rotatable bonds is 3. The molecule has 3 nitrogen and oxygen atoms in total. The van der Waals surface area contributed by atoms with Gasteiger partial charge < -0.3 is 5.11 Å². The highest BCUT2D eigenvalue weighted by Crippen LogP contribution is 2.23. The molecule has 1 saturated heterocycles. The Balaban J connectivity index is 2.55. The molecule has 0 radical (unpaired) electrons. The maximum atomic E-state index is 10.9. The topological polar surface area (TPSA) is 40.5 Å². The lowest BCUT2D eigenvalue weighted by atomic mass is 9.91. The molecule has 1 aliphatic heterocycles. The Labute approximate surface area is 79.7 Å². The van der Waals surface area contributed by atoms with Crippen LogP contribution in [0.5, 0.6) is 0 Å². The highest BCUT2D eigenvalue weighted by molar-refractivity contribution is 5.73. The van der Waals surface area contributed by atoms with Crippen molar-refractivity contribution in [3.05, 3.63) is 0 Å². The van der Waals surface area contributed by atoms with Crippen LogP contribution in [0.15, 0.2) is 0 Å². The zero-order chi connectivity index (χ0) is 9.84. The number of hydrogen-bond donors (Lipinski definition) is 1. The first-order valence-electron chi connectivity index (χ1n) is 5.15. The molecule has 1 rings (SSSR count). The van der Waals surface area contributed by atoms with Crippen molar-refractivity contribution in [2.45, 2.75) is 39.2 Å². The number of carboxylic acids is 1. The standard InChI is InChI=1S/C10H19NO2/c1-3-8-5-6-9(10(12)13)11(4-2)7-8/h8-9H,3-7H2,1-2H3,(H,12,13). The Hall–Kier alpha value is -0.570. The van der Waals surface area contributed by atoms with E-state index in [1.807, 2.05) is 6.92 Å². The molecule has 0 aliphatic carbocycles. The first-order chi connectivity index (χ1) is 6.19. The van der Waals surface area contributed by atoms with E-state index >= 15 is 0 Å². The van der Waals surface area contributed by atoms with Crippen molar-refractivity contribution in [2.24, 2.45) is 5.92 Å². The van der Waals surface area contributed by atoms with Gasteiger partial charge in [0.15, 0.2) is 0 Å². The second-order valence-electron chi connectivity index (χ2n) is 3.79. The fourth-order valence-electron chi connectivity index (χ4n) is 2.09. The van der Waals surface area contributed by atoms with Gasteiger partial charge in [0, 0.05) is 6.54 Å². The fraction of sp³-hybridized carbons (Fsp3) is 0.900. The van der Waals surface area contributed by atoms with Crippen molar-refractivity contribution in [3.8, 4) is 0 Å². The van der Waals surface area contributed by atoms with E-state index < -0.39 is 5.97 Å². The van der Waals surface area contributed by atoms with Gasteiger partial charge in [-0.2, -0.15) is 0 Å². The van der Waals surface area contributed by atoms with Gasteiger partial charge in [0.2, 0.25) is 0 Å². The Morgan fingerprint density at radius 1 is 1.46 bits per heavy atom. The normalized spacial score (nSPS) is 30.3. The number of aliphatic carboxylic acids is 1. The van der Waals surface area contributed by atoms with Gasteiger partial charge >= 0.3 is 5.97 Å². The lowest BCUT2D eigenvalue weighted by Gasteiger charge is -2.36. The molecular weight excluding hydrogens is 166 g/mol. The summed E-state index contributed by atoms with van der Waals surface area (Å²) in [6.07, 6.45) is 3.06. The van der Waals surface area contributed by atoms with Crippen LogP contribution in [0.4, 0.5) is 0 Å². The number of piperidine rings is 1. The molecule has 0 spiro atoms. The number of likely N-dealkylation sites (tertiary alicyclic amines) is 1. The monoisotopic (exact) mass is 185 g/mol. The average Bonchev–Trinajstić information content (AvgIpc) is 2.16. The van der Waals surface area contributed by atoms with Gasteiger partial charge in [0.1, 0.15) is 6.04 Å². The van der Waals surface area contributed by atoms with Gasteiger partial charge in [-0.05, 0) is 25.3 Å². The number of carboxylic acid groups (broad SMARTS) is 1. The molecule has 0 aromatic carbocycles. The summed E-state index contributed by atoms with van der Waals surface area (Å²) < 4.78 is 0. The van der Waals surface area contributed by atoms with E-state index in [-0.39, 0.29) is 6.04 Å². The van der Waals surface area contributed by atoms with Crippen LogP contribution in [0.2, 0.25) is 0 Å². The number of hydrogen-bond acceptors (Lipinski definition) is 2. The summed E-state index contributed by atoms with van der Waals surface area (Å²) in [5, 5.41) is 8.96. The largest absolute Gasteiger partial charge is 0.480 e. The summed E-state index contributed by atoms with van der Waals surface area (Å²) in [7, 11) is 0. The van der Waals surface area contributed by atoms with E-state index in [4.69, 9.17) is 5.11 Å². The second kappa shape index (κ2) is 4.61. The first kappa shape index (κ1) is 10.5. The smallest absolute Gasteiger partial charge is 0.320 e. The molecule has 2 atom stereocenters. The third-order valence-corrected chi connectivity index (χ3v) is 3.05. The highest BCUT2D eigenvalue weighted by atomic mass is 16.4. The minimum absolute atomic E-state index is 0.229. The quantitative estimate of drug-likeness (QED) is 0.725. The summed E-state index contributed by atoms with van der Waals surface area (Å²) in [5.74, 6) is 0.0481. The highest BCUT2D eigenvalue weighted by Gasteiger charge is 2.30. The molecule has 1 fully saturated rings. The van der Waals surface area contributed by atoms with Crippen LogP contribution in [0.1, 0.15) is 33.1 Å².